The first-order valence-corrected chi connectivity index (χ1v) is 8.13. The molecule has 8 nitrogen and oxygen atoms in total. The van der Waals surface area contributed by atoms with E-state index >= 15 is 0 Å². The third-order valence-corrected chi connectivity index (χ3v) is 3.90. The van der Waals surface area contributed by atoms with Crippen molar-refractivity contribution in [3.05, 3.63) is 42.0 Å². The lowest BCUT2D eigenvalue weighted by Crippen LogP contribution is -2.48. The van der Waals surface area contributed by atoms with Gasteiger partial charge in [-0.05, 0) is 38.1 Å². The summed E-state index contributed by atoms with van der Waals surface area (Å²) >= 11 is 0. The van der Waals surface area contributed by atoms with Gasteiger partial charge in [0.1, 0.15) is 17.3 Å². The van der Waals surface area contributed by atoms with Crippen LogP contribution in [0.2, 0.25) is 0 Å². The van der Waals surface area contributed by atoms with Gasteiger partial charge in [0.05, 0.1) is 24.5 Å². The van der Waals surface area contributed by atoms with E-state index in [0.717, 1.165) is 5.76 Å². The van der Waals surface area contributed by atoms with E-state index in [-0.39, 0.29) is 18.0 Å². The van der Waals surface area contributed by atoms with E-state index in [9.17, 15) is 9.59 Å². The fourth-order valence-corrected chi connectivity index (χ4v) is 2.60. The topological polar surface area (TPSA) is 99.5 Å². The summed E-state index contributed by atoms with van der Waals surface area (Å²) in [6, 6.07) is 6.66. The van der Waals surface area contributed by atoms with Crippen LogP contribution in [0.25, 0.3) is 0 Å². The Morgan fingerprint density at radius 3 is 2.84 bits per heavy atom. The van der Waals surface area contributed by atoms with Crippen LogP contribution in [-0.2, 0) is 4.79 Å². The second-order valence-corrected chi connectivity index (χ2v) is 5.95. The first kappa shape index (κ1) is 16.8. The number of nitrogens with one attached hydrogen (secondary N) is 3. The lowest BCUT2D eigenvalue weighted by atomic mass is 10.2. The quantitative estimate of drug-likeness (QED) is 0.786. The highest BCUT2D eigenvalue weighted by Crippen LogP contribution is 2.17. The summed E-state index contributed by atoms with van der Waals surface area (Å²) in [5.41, 5.74) is 0.575. The second kappa shape index (κ2) is 7.25. The predicted molar refractivity (Wildman–Crippen MR) is 93.5 cm³/mol. The van der Waals surface area contributed by atoms with Gasteiger partial charge in [0.2, 0.25) is 5.91 Å². The number of aryl methyl sites for hydroxylation is 1. The maximum absolute atomic E-state index is 12.1. The Balaban J connectivity index is 1.55. The molecule has 2 aromatic heterocycles. The van der Waals surface area contributed by atoms with Gasteiger partial charge in [0, 0.05) is 13.1 Å². The lowest BCUT2D eigenvalue weighted by Gasteiger charge is -2.27. The van der Waals surface area contributed by atoms with Crippen LogP contribution >= 0.6 is 0 Å². The number of pyridine rings is 1. The van der Waals surface area contributed by atoms with Gasteiger partial charge in [-0.25, -0.2) is 9.78 Å². The van der Waals surface area contributed by atoms with Crippen LogP contribution in [0.15, 0.2) is 34.9 Å². The number of carbonyl (C=O) groups excluding carboxylic acids is 2. The molecule has 0 aromatic carbocycles. The zero-order valence-corrected chi connectivity index (χ0v) is 14.2. The van der Waals surface area contributed by atoms with Crippen LogP contribution in [-0.4, -0.2) is 36.6 Å². The number of aromatic nitrogens is 1. The number of anilines is 2. The number of nitrogens with zero attached hydrogens (tertiary/aromatic N) is 2. The van der Waals surface area contributed by atoms with Crippen LogP contribution < -0.4 is 20.9 Å². The number of hydrogen-bond acceptors (Lipinski definition) is 5. The van der Waals surface area contributed by atoms with Gasteiger partial charge in [-0.1, -0.05) is 0 Å². The van der Waals surface area contributed by atoms with Crippen molar-refractivity contribution in [3.63, 3.8) is 0 Å². The molecule has 0 unspecified atom stereocenters. The molecule has 0 radical (unpaired) electrons. The fourth-order valence-electron chi connectivity index (χ4n) is 2.60. The summed E-state index contributed by atoms with van der Waals surface area (Å²) in [6.07, 6.45) is 1.57. The number of furan rings is 1. The Bertz CT molecular complexity index is 756. The Kier molecular flexibility index (Phi) is 4.87. The van der Waals surface area contributed by atoms with Gasteiger partial charge in [-0.3, -0.25) is 4.79 Å². The highest BCUT2D eigenvalue weighted by atomic mass is 16.3. The molecule has 1 fully saturated rings. The van der Waals surface area contributed by atoms with Crippen LogP contribution in [0.4, 0.5) is 16.3 Å². The average molecular weight is 343 g/mol. The molecule has 3 amide bonds. The van der Waals surface area contributed by atoms with E-state index in [1.165, 1.54) is 0 Å². The van der Waals surface area contributed by atoms with E-state index < -0.39 is 0 Å². The van der Waals surface area contributed by atoms with Gasteiger partial charge in [-0.15, -0.1) is 0 Å². The molecule has 1 aliphatic heterocycles. The predicted octanol–water partition coefficient (Wildman–Crippen LogP) is 1.80. The van der Waals surface area contributed by atoms with Crippen molar-refractivity contribution in [2.24, 2.45) is 0 Å². The molecule has 1 saturated heterocycles. The number of hydrogen-bond donors (Lipinski definition) is 3. The second-order valence-electron chi connectivity index (χ2n) is 5.95. The summed E-state index contributed by atoms with van der Waals surface area (Å²) in [5.74, 6) is 2.19. The number of carbonyl (C=O) groups is 2. The molecular weight excluding hydrogens is 322 g/mol. The molecule has 0 spiro atoms. The van der Waals surface area contributed by atoms with Crippen molar-refractivity contribution >= 4 is 23.4 Å². The number of urea groups is 1. The minimum absolute atomic E-state index is 0.0169. The van der Waals surface area contributed by atoms with Crippen molar-refractivity contribution in [2.75, 3.05) is 29.9 Å². The maximum atomic E-state index is 12.1. The number of piperazine rings is 1. The smallest absolute Gasteiger partial charge is 0.319 e. The van der Waals surface area contributed by atoms with E-state index in [1.807, 2.05) is 30.9 Å². The van der Waals surface area contributed by atoms with E-state index in [2.05, 4.69) is 20.9 Å². The minimum atomic E-state index is -0.339. The Hall–Kier alpha value is -3.03. The van der Waals surface area contributed by atoms with Crippen molar-refractivity contribution in [3.8, 4) is 0 Å². The molecule has 25 heavy (non-hydrogen) atoms. The van der Waals surface area contributed by atoms with E-state index in [1.54, 1.807) is 18.3 Å². The average Bonchev–Trinajstić information content (AvgIpc) is 3.02. The summed E-state index contributed by atoms with van der Waals surface area (Å²) in [6.45, 7) is 5.32. The van der Waals surface area contributed by atoms with E-state index in [0.29, 0.717) is 36.9 Å². The molecule has 0 saturated carbocycles. The van der Waals surface area contributed by atoms with Gasteiger partial charge in [0.25, 0.3) is 0 Å². The van der Waals surface area contributed by atoms with E-state index in [4.69, 9.17) is 4.42 Å². The van der Waals surface area contributed by atoms with Crippen LogP contribution in [0, 0.1) is 6.92 Å². The molecule has 8 heteroatoms. The van der Waals surface area contributed by atoms with Crippen molar-refractivity contribution in [2.45, 2.75) is 19.9 Å². The van der Waals surface area contributed by atoms with Gasteiger partial charge < -0.3 is 25.3 Å². The SMILES string of the molecule is Cc1ccc([C@@H](C)NC(=O)Nc2ccc(N3CCNC(=O)C3)nc2)o1. The minimum Gasteiger partial charge on any atom is -0.464 e. The molecule has 2 aromatic rings. The Labute approximate surface area is 145 Å². The fraction of sp³-hybridized carbons (Fsp3) is 0.353. The zero-order valence-electron chi connectivity index (χ0n) is 14.2. The first-order chi connectivity index (χ1) is 12.0. The van der Waals surface area contributed by atoms with Gasteiger partial charge in [-0.2, -0.15) is 0 Å². The summed E-state index contributed by atoms with van der Waals surface area (Å²) in [5, 5.41) is 8.31. The third-order valence-electron chi connectivity index (χ3n) is 3.90. The molecule has 0 aliphatic carbocycles. The van der Waals surface area contributed by atoms with Gasteiger partial charge >= 0.3 is 6.03 Å². The number of rotatable bonds is 4. The highest BCUT2D eigenvalue weighted by Gasteiger charge is 2.17. The van der Waals surface area contributed by atoms with Crippen molar-refractivity contribution < 1.29 is 14.0 Å². The molecule has 0 bridgehead atoms. The summed E-state index contributed by atoms with van der Waals surface area (Å²) in [4.78, 5) is 29.7. The van der Waals surface area contributed by atoms with Crippen LogP contribution in [0.3, 0.4) is 0 Å². The summed E-state index contributed by atoms with van der Waals surface area (Å²) in [7, 11) is 0. The zero-order chi connectivity index (χ0) is 17.8. The Morgan fingerprint density at radius 1 is 1.36 bits per heavy atom. The monoisotopic (exact) mass is 343 g/mol. The van der Waals surface area contributed by atoms with Crippen LogP contribution in [0.1, 0.15) is 24.5 Å². The molecule has 3 heterocycles. The standard InChI is InChI=1S/C17H21N5O3/c1-11-3-5-14(25-11)12(2)20-17(24)21-13-4-6-15(19-9-13)22-8-7-18-16(23)10-22/h3-6,9,12H,7-8,10H2,1-2H3,(H,18,23)(H2,20,21,24)/t12-/m1/s1. The third kappa shape index (κ3) is 4.28. The van der Waals surface area contributed by atoms with Gasteiger partial charge in [0.15, 0.2) is 0 Å². The molecule has 132 valence electrons. The summed E-state index contributed by atoms with van der Waals surface area (Å²) < 4.78 is 5.49. The highest BCUT2D eigenvalue weighted by molar-refractivity contribution is 5.89. The number of amides is 3. The molecule has 3 N–H and O–H groups in total. The lowest BCUT2D eigenvalue weighted by molar-refractivity contribution is -0.120. The molecule has 1 aliphatic rings. The van der Waals surface area contributed by atoms with Crippen molar-refractivity contribution in [1.29, 1.82) is 0 Å². The first-order valence-electron chi connectivity index (χ1n) is 8.13. The van der Waals surface area contributed by atoms with Crippen molar-refractivity contribution in [1.82, 2.24) is 15.6 Å². The maximum Gasteiger partial charge on any atom is 0.319 e. The molecular formula is C17H21N5O3. The normalized spacial score (nSPS) is 15.4. The molecule has 1 atom stereocenters. The largest absolute Gasteiger partial charge is 0.464 e. The molecule has 3 rings (SSSR count). The Morgan fingerprint density at radius 2 is 2.20 bits per heavy atom. The van der Waals surface area contributed by atoms with Crippen LogP contribution in [0.5, 0.6) is 0 Å².